The monoisotopic (exact) mass is 245 g/mol. The van der Waals surface area contributed by atoms with Crippen LogP contribution in [0.3, 0.4) is 0 Å². The lowest BCUT2D eigenvalue weighted by Crippen LogP contribution is -2.05. The van der Waals surface area contributed by atoms with Crippen molar-refractivity contribution >= 4 is 15.9 Å². The number of methoxy groups -OCH3 is 1. The van der Waals surface area contributed by atoms with Crippen molar-refractivity contribution in [1.29, 1.82) is 0 Å². The van der Waals surface area contributed by atoms with Gasteiger partial charge in [-0.25, -0.2) is 4.98 Å². The molecule has 0 unspecified atom stereocenters. The average molecular weight is 246 g/mol. The van der Waals surface area contributed by atoms with Crippen LogP contribution in [0.15, 0.2) is 16.7 Å². The van der Waals surface area contributed by atoms with E-state index in [1.165, 1.54) is 0 Å². The van der Waals surface area contributed by atoms with E-state index in [9.17, 15) is 0 Å². The largest absolute Gasteiger partial charge is 0.475 e. The van der Waals surface area contributed by atoms with Crippen LogP contribution < -0.4 is 4.74 Å². The summed E-state index contributed by atoms with van der Waals surface area (Å²) in [7, 11) is 1.64. The summed E-state index contributed by atoms with van der Waals surface area (Å²) in [5.74, 6) is 0.637. The minimum Gasteiger partial charge on any atom is -0.475 e. The zero-order valence-corrected chi connectivity index (χ0v) is 9.30. The van der Waals surface area contributed by atoms with E-state index in [-0.39, 0.29) is 0 Å². The van der Waals surface area contributed by atoms with Gasteiger partial charge in [-0.3, -0.25) is 0 Å². The summed E-state index contributed by atoms with van der Waals surface area (Å²) in [6, 6.07) is 1.89. The average Bonchev–Trinajstić information content (AvgIpc) is 2.12. The third kappa shape index (κ3) is 3.32. The summed E-state index contributed by atoms with van der Waals surface area (Å²) in [4.78, 5) is 4.09. The Bertz CT molecular complexity index is 278. The number of aryl methyl sites for hydroxylation is 1. The van der Waals surface area contributed by atoms with Gasteiger partial charge in [-0.2, -0.15) is 0 Å². The van der Waals surface area contributed by atoms with Gasteiger partial charge < -0.3 is 9.47 Å². The lowest BCUT2D eigenvalue weighted by atomic mass is 10.3. The molecule has 4 heteroatoms. The maximum absolute atomic E-state index is 5.33. The molecule has 0 bridgehead atoms. The molecule has 1 aromatic heterocycles. The summed E-state index contributed by atoms with van der Waals surface area (Å²) < 4.78 is 11.2. The minimum absolute atomic E-state index is 0.532. The first-order valence-corrected chi connectivity index (χ1v) is 4.77. The van der Waals surface area contributed by atoms with Gasteiger partial charge >= 0.3 is 0 Å². The second-order valence-corrected chi connectivity index (χ2v) is 3.47. The number of ether oxygens (including phenoxy) is 2. The highest BCUT2D eigenvalue weighted by atomic mass is 79.9. The number of hydrogen-bond acceptors (Lipinski definition) is 3. The molecular weight excluding hydrogens is 234 g/mol. The second kappa shape index (κ2) is 5.19. The van der Waals surface area contributed by atoms with Gasteiger partial charge in [-0.05, 0) is 28.4 Å². The van der Waals surface area contributed by atoms with Gasteiger partial charge in [-0.15, -0.1) is 0 Å². The zero-order chi connectivity index (χ0) is 9.68. The van der Waals surface area contributed by atoms with Crippen molar-refractivity contribution in [2.75, 3.05) is 20.3 Å². The summed E-state index contributed by atoms with van der Waals surface area (Å²) in [6.45, 7) is 3.11. The van der Waals surface area contributed by atoms with Crippen molar-refractivity contribution in [3.63, 3.8) is 0 Å². The number of rotatable bonds is 4. The van der Waals surface area contributed by atoms with Crippen LogP contribution in [-0.2, 0) is 4.74 Å². The fourth-order valence-electron chi connectivity index (χ4n) is 0.822. The Labute approximate surface area is 86.2 Å². The molecule has 0 atom stereocenters. The Balaban J connectivity index is 2.53. The molecule has 0 aliphatic heterocycles. The Morgan fingerprint density at radius 2 is 2.23 bits per heavy atom. The lowest BCUT2D eigenvalue weighted by Gasteiger charge is -2.05. The maximum Gasteiger partial charge on any atom is 0.213 e. The maximum atomic E-state index is 5.33. The zero-order valence-electron chi connectivity index (χ0n) is 7.71. The molecule has 0 fully saturated rings. The molecule has 0 spiro atoms. The topological polar surface area (TPSA) is 31.4 Å². The van der Waals surface area contributed by atoms with Crippen molar-refractivity contribution in [1.82, 2.24) is 4.98 Å². The number of halogens is 1. The second-order valence-electron chi connectivity index (χ2n) is 2.61. The normalized spacial score (nSPS) is 10.1. The summed E-state index contributed by atoms with van der Waals surface area (Å²) in [6.07, 6.45) is 1.73. The Kier molecular flexibility index (Phi) is 4.18. The van der Waals surface area contributed by atoms with E-state index in [4.69, 9.17) is 9.47 Å². The molecule has 0 aliphatic rings. The van der Waals surface area contributed by atoms with Crippen molar-refractivity contribution < 1.29 is 9.47 Å². The van der Waals surface area contributed by atoms with Crippen LogP contribution in [0.1, 0.15) is 5.56 Å². The first-order valence-electron chi connectivity index (χ1n) is 3.98. The Morgan fingerprint density at radius 3 is 2.85 bits per heavy atom. The van der Waals surface area contributed by atoms with Crippen molar-refractivity contribution in [3.05, 3.63) is 22.3 Å². The van der Waals surface area contributed by atoms with Gasteiger partial charge in [0.25, 0.3) is 0 Å². The Hall–Kier alpha value is -0.610. The molecule has 0 aromatic carbocycles. The van der Waals surface area contributed by atoms with E-state index in [0.717, 1.165) is 10.0 Å². The number of nitrogens with zero attached hydrogens (tertiary/aromatic N) is 1. The van der Waals surface area contributed by atoms with Crippen LogP contribution >= 0.6 is 15.9 Å². The van der Waals surface area contributed by atoms with Crippen LogP contribution in [-0.4, -0.2) is 25.3 Å². The molecule has 0 N–H and O–H groups in total. The molecule has 0 aliphatic carbocycles. The smallest absolute Gasteiger partial charge is 0.213 e. The number of hydrogen-bond donors (Lipinski definition) is 0. The number of pyridine rings is 1. The van der Waals surface area contributed by atoms with Gasteiger partial charge in [-0.1, -0.05) is 0 Å². The molecule has 1 aromatic rings. The quantitative estimate of drug-likeness (QED) is 0.763. The first-order chi connectivity index (χ1) is 6.24. The third-order valence-corrected chi connectivity index (χ3v) is 2.39. The molecule has 1 heterocycles. The SMILES string of the molecule is COCCOc1cc(C)c(Br)cn1. The fraction of sp³-hybridized carbons (Fsp3) is 0.444. The highest BCUT2D eigenvalue weighted by Gasteiger charge is 1.98. The van der Waals surface area contributed by atoms with Crippen molar-refractivity contribution in [3.8, 4) is 5.88 Å². The molecule has 0 radical (unpaired) electrons. The van der Waals surface area contributed by atoms with E-state index in [0.29, 0.717) is 19.1 Å². The summed E-state index contributed by atoms with van der Waals surface area (Å²) in [5.41, 5.74) is 1.11. The molecule has 1 rings (SSSR count). The summed E-state index contributed by atoms with van der Waals surface area (Å²) in [5, 5.41) is 0. The van der Waals surface area contributed by atoms with Crippen LogP contribution in [0.5, 0.6) is 5.88 Å². The standard InChI is InChI=1S/C9H12BrNO2/c1-7-5-9(11-6-8(7)10)13-4-3-12-2/h5-6H,3-4H2,1-2H3. The summed E-state index contributed by atoms with van der Waals surface area (Å²) >= 11 is 3.37. The van der Waals surface area contributed by atoms with Gasteiger partial charge in [0.1, 0.15) is 6.61 Å². The number of aromatic nitrogens is 1. The van der Waals surface area contributed by atoms with Crippen LogP contribution in [0.4, 0.5) is 0 Å². The molecule has 13 heavy (non-hydrogen) atoms. The highest BCUT2D eigenvalue weighted by Crippen LogP contribution is 2.18. The molecular formula is C9H12BrNO2. The van der Waals surface area contributed by atoms with Gasteiger partial charge in [0.15, 0.2) is 0 Å². The van der Waals surface area contributed by atoms with Crippen molar-refractivity contribution in [2.45, 2.75) is 6.92 Å². The van der Waals surface area contributed by atoms with E-state index in [2.05, 4.69) is 20.9 Å². The van der Waals surface area contributed by atoms with E-state index in [1.807, 2.05) is 13.0 Å². The fourth-order valence-corrected chi connectivity index (χ4v) is 1.04. The highest BCUT2D eigenvalue weighted by molar-refractivity contribution is 9.10. The third-order valence-electron chi connectivity index (χ3n) is 1.56. The van der Waals surface area contributed by atoms with Crippen LogP contribution in [0.25, 0.3) is 0 Å². The molecule has 0 saturated heterocycles. The molecule has 0 saturated carbocycles. The molecule has 3 nitrogen and oxygen atoms in total. The molecule has 72 valence electrons. The van der Waals surface area contributed by atoms with Gasteiger partial charge in [0.2, 0.25) is 5.88 Å². The van der Waals surface area contributed by atoms with Crippen LogP contribution in [0.2, 0.25) is 0 Å². The van der Waals surface area contributed by atoms with Crippen molar-refractivity contribution in [2.24, 2.45) is 0 Å². The first kappa shape index (κ1) is 10.5. The van der Waals surface area contributed by atoms with Gasteiger partial charge in [0.05, 0.1) is 6.61 Å². The van der Waals surface area contributed by atoms with Gasteiger partial charge in [0, 0.05) is 23.8 Å². The lowest BCUT2D eigenvalue weighted by molar-refractivity contribution is 0.143. The predicted molar refractivity (Wildman–Crippen MR) is 54.0 cm³/mol. The minimum atomic E-state index is 0.532. The molecule has 0 amide bonds. The predicted octanol–water partition coefficient (Wildman–Crippen LogP) is 2.18. The van der Waals surface area contributed by atoms with E-state index < -0.39 is 0 Å². The van der Waals surface area contributed by atoms with E-state index >= 15 is 0 Å². The van der Waals surface area contributed by atoms with E-state index in [1.54, 1.807) is 13.3 Å². The Morgan fingerprint density at radius 1 is 1.46 bits per heavy atom. The van der Waals surface area contributed by atoms with Crippen LogP contribution in [0, 0.1) is 6.92 Å².